The average Bonchev–Trinajstić information content (AvgIpc) is 3.00. The van der Waals surface area contributed by atoms with Crippen LogP contribution in [0.25, 0.3) is 0 Å². The number of aryl methyl sites for hydroxylation is 2. The molecule has 1 amide bonds. The lowest BCUT2D eigenvalue weighted by molar-refractivity contribution is 0.0299. The Kier molecular flexibility index (Phi) is 5.42. The van der Waals surface area contributed by atoms with Crippen LogP contribution in [0.1, 0.15) is 33.0 Å². The predicted molar refractivity (Wildman–Crippen MR) is 94.5 cm³/mol. The number of thiazole rings is 1. The van der Waals surface area contributed by atoms with Crippen molar-refractivity contribution in [2.45, 2.75) is 26.8 Å². The highest BCUT2D eigenvalue weighted by molar-refractivity contribution is 7.11. The predicted octanol–water partition coefficient (Wildman–Crippen LogP) is 2.49. The Hall–Kier alpha value is -1.99. The van der Waals surface area contributed by atoms with Gasteiger partial charge in [-0.05, 0) is 25.5 Å². The second-order valence-electron chi connectivity index (χ2n) is 5.64. The number of amides is 1. The van der Waals surface area contributed by atoms with Crippen molar-refractivity contribution in [3.8, 4) is 0 Å². The molecule has 0 radical (unpaired) electrons. The fraction of sp³-hybridized carbons (Fsp3) is 0.471. The van der Waals surface area contributed by atoms with Crippen molar-refractivity contribution >= 4 is 22.9 Å². The van der Waals surface area contributed by atoms with Gasteiger partial charge in [-0.2, -0.15) is 0 Å². The van der Waals surface area contributed by atoms with E-state index < -0.39 is 0 Å². The lowest BCUT2D eigenvalue weighted by Gasteiger charge is -2.26. The van der Waals surface area contributed by atoms with Crippen LogP contribution in [0.2, 0.25) is 0 Å². The number of anilines is 1. The van der Waals surface area contributed by atoms with Crippen LogP contribution in [0.15, 0.2) is 18.3 Å². The van der Waals surface area contributed by atoms with E-state index in [2.05, 4.69) is 22.2 Å². The zero-order valence-electron chi connectivity index (χ0n) is 14.0. The van der Waals surface area contributed by atoms with Gasteiger partial charge in [0.1, 0.15) is 5.69 Å². The zero-order chi connectivity index (χ0) is 16.9. The summed E-state index contributed by atoms with van der Waals surface area (Å²) in [6, 6.07) is 3.70. The largest absolute Gasteiger partial charge is 0.380 e. The molecule has 24 heavy (non-hydrogen) atoms. The van der Waals surface area contributed by atoms with E-state index in [9.17, 15) is 4.79 Å². The number of ether oxygens (including phenoxy) is 1. The van der Waals surface area contributed by atoms with Crippen LogP contribution >= 0.6 is 11.3 Å². The lowest BCUT2D eigenvalue weighted by atomic mass is 10.2. The van der Waals surface area contributed by atoms with Gasteiger partial charge < -0.3 is 15.0 Å². The Morgan fingerprint density at radius 1 is 1.42 bits per heavy atom. The van der Waals surface area contributed by atoms with E-state index in [1.807, 2.05) is 19.1 Å². The molecule has 1 N–H and O–H groups in total. The van der Waals surface area contributed by atoms with Gasteiger partial charge in [-0.1, -0.05) is 6.92 Å². The molecule has 0 saturated carbocycles. The first kappa shape index (κ1) is 16.9. The summed E-state index contributed by atoms with van der Waals surface area (Å²) in [6.45, 7) is 7.28. The molecule has 2 aromatic heterocycles. The van der Waals surface area contributed by atoms with Crippen molar-refractivity contribution in [3.05, 3.63) is 39.6 Å². The molecule has 1 fully saturated rings. The van der Waals surface area contributed by atoms with Gasteiger partial charge in [0.15, 0.2) is 0 Å². The van der Waals surface area contributed by atoms with Gasteiger partial charge in [0.25, 0.3) is 5.91 Å². The average molecular weight is 346 g/mol. The van der Waals surface area contributed by atoms with E-state index in [1.165, 1.54) is 4.88 Å². The Labute approximate surface area is 145 Å². The molecule has 1 saturated heterocycles. The molecule has 128 valence electrons. The van der Waals surface area contributed by atoms with E-state index in [0.717, 1.165) is 22.8 Å². The SMILES string of the molecule is CCc1nc(C)sc1CNc1ccnc(C(=O)N2CCOCC2)c1. The number of rotatable bonds is 5. The van der Waals surface area contributed by atoms with Crippen LogP contribution in [0.3, 0.4) is 0 Å². The van der Waals surface area contributed by atoms with E-state index in [4.69, 9.17) is 4.74 Å². The van der Waals surface area contributed by atoms with E-state index in [-0.39, 0.29) is 5.91 Å². The van der Waals surface area contributed by atoms with E-state index in [1.54, 1.807) is 22.4 Å². The van der Waals surface area contributed by atoms with Gasteiger partial charge in [-0.3, -0.25) is 9.78 Å². The highest BCUT2D eigenvalue weighted by atomic mass is 32.1. The summed E-state index contributed by atoms with van der Waals surface area (Å²) in [5.41, 5.74) is 2.51. The normalized spacial score (nSPS) is 14.7. The number of carbonyl (C=O) groups excluding carboxylic acids is 1. The summed E-state index contributed by atoms with van der Waals surface area (Å²) < 4.78 is 5.29. The zero-order valence-corrected chi connectivity index (χ0v) is 14.9. The van der Waals surface area contributed by atoms with Gasteiger partial charge >= 0.3 is 0 Å². The van der Waals surface area contributed by atoms with Crippen LogP contribution in [0.5, 0.6) is 0 Å². The van der Waals surface area contributed by atoms with Gasteiger partial charge in [0.05, 0.1) is 30.5 Å². The molecule has 7 heteroatoms. The maximum atomic E-state index is 12.5. The highest BCUT2D eigenvalue weighted by Gasteiger charge is 2.19. The number of carbonyl (C=O) groups is 1. The molecule has 0 unspecified atom stereocenters. The maximum Gasteiger partial charge on any atom is 0.272 e. The number of nitrogens with one attached hydrogen (secondary N) is 1. The molecule has 0 bridgehead atoms. The number of pyridine rings is 1. The minimum Gasteiger partial charge on any atom is -0.380 e. The third-order valence-corrected chi connectivity index (χ3v) is 4.96. The summed E-state index contributed by atoms with van der Waals surface area (Å²) in [6.07, 6.45) is 2.60. The molecule has 0 atom stereocenters. The van der Waals surface area contributed by atoms with Crippen LogP contribution in [-0.2, 0) is 17.7 Å². The van der Waals surface area contributed by atoms with Crippen LogP contribution in [0.4, 0.5) is 5.69 Å². The molecule has 0 aromatic carbocycles. The molecule has 2 aromatic rings. The van der Waals surface area contributed by atoms with Crippen LogP contribution < -0.4 is 5.32 Å². The summed E-state index contributed by atoms with van der Waals surface area (Å²) >= 11 is 1.71. The van der Waals surface area contributed by atoms with Crippen molar-refractivity contribution in [3.63, 3.8) is 0 Å². The van der Waals surface area contributed by atoms with Crippen molar-refractivity contribution in [2.24, 2.45) is 0 Å². The number of aromatic nitrogens is 2. The second kappa shape index (κ2) is 7.72. The van der Waals surface area contributed by atoms with Gasteiger partial charge in [-0.25, -0.2) is 4.98 Å². The van der Waals surface area contributed by atoms with E-state index in [0.29, 0.717) is 38.5 Å². The lowest BCUT2D eigenvalue weighted by Crippen LogP contribution is -2.41. The molecule has 0 aliphatic carbocycles. The Morgan fingerprint density at radius 3 is 2.96 bits per heavy atom. The quantitative estimate of drug-likeness (QED) is 0.901. The summed E-state index contributed by atoms with van der Waals surface area (Å²) in [5.74, 6) is -0.0372. The van der Waals surface area contributed by atoms with E-state index >= 15 is 0 Å². The monoisotopic (exact) mass is 346 g/mol. The van der Waals surface area contributed by atoms with Crippen LogP contribution in [0, 0.1) is 6.92 Å². The molecule has 1 aliphatic rings. The van der Waals surface area contributed by atoms with Crippen molar-refractivity contribution < 1.29 is 9.53 Å². The first-order chi connectivity index (χ1) is 11.7. The Bertz CT molecular complexity index is 710. The molecule has 3 rings (SSSR count). The molecule has 1 aliphatic heterocycles. The smallest absolute Gasteiger partial charge is 0.272 e. The molecular formula is C17H22N4O2S. The van der Waals surface area contributed by atoms with Crippen molar-refractivity contribution in [2.75, 3.05) is 31.6 Å². The van der Waals surface area contributed by atoms with Gasteiger partial charge in [-0.15, -0.1) is 11.3 Å². The number of nitrogens with zero attached hydrogens (tertiary/aromatic N) is 3. The van der Waals surface area contributed by atoms with Crippen LogP contribution in [-0.4, -0.2) is 47.1 Å². The Morgan fingerprint density at radius 2 is 2.21 bits per heavy atom. The summed E-state index contributed by atoms with van der Waals surface area (Å²) in [7, 11) is 0. The number of hydrogen-bond donors (Lipinski definition) is 1. The summed E-state index contributed by atoms with van der Waals surface area (Å²) in [5, 5.41) is 4.47. The molecule has 0 spiro atoms. The highest BCUT2D eigenvalue weighted by Crippen LogP contribution is 2.20. The minimum absolute atomic E-state index is 0.0372. The Balaban J connectivity index is 1.67. The fourth-order valence-corrected chi connectivity index (χ4v) is 3.66. The first-order valence-electron chi connectivity index (χ1n) is 8.19. The summed E-state index contributed by atoms with van der Waals surface area (Å²) in [4.78, 5) is 24.3. The second-order valence-corrected chi connectivity index (χ2v) is 6.93. The fourth-order valence-electron chi connectivity index (χ4n) is 2.70. The molecular weight excluding hydrogens is 324 g/mol. The third kappa shape index (κ3) is 3.91. The minimum atomic E-state index is -0.0372. The molecule has 3 heterocycles. The van der Waals surface area contributed by atoms with Crippen molar-refractivity contribution in [1.82, 2.24) is 14.9 Å². The standard InChI is InChI=1S/C17H22N4O2S/c1-3-14-16(24-12(2)20-14)11-19-13-4-5-18-15(10-13)17(22)21-6-8-23-9-7-21/h4-5,10H,3,6-9,11H2,1-2H3,(H,18,19). The molecule has 6 nitrogen and oxygen atoms in total. The van der Waals surface area contributed by atoms with Crippen molar-refractivity contribution in [1.29, 1.82) is 0 Å². The number of hydrogen-bond acceptors (Lipinski definition) is 6. The first-order valence-corrected chi connectivity index (χ1v) is 9.01. The van der Waals surface area contributed by atoms with Gasteiger partial charge in [0.2, 0.25) is 0 Å². The van der Waals surface area contributed by atoms with Gasteiger partial charge in [0, 0.05) is 29.9 Å². The number of morpholine rings is 1. The maximum absolute atomic E-state index is 12.5. The third-order valence-electron chi connectivity index (χ3n) is 3.95. The topological polar surface area (TPSA) is 67.4 Å².